The quantitative estimate of drug-likeness (QED) is 0.569. The number of nitrogens with zero attached hydrogens (tertiary/aromatic N) is 2. The van der Waals surface area contributed by atoms with Gasteiger partial charge >= 0.3 is 0 Å². The van der Waals surface area contributed by atoms with E-state index in [0.717, 1.165) is 36.0 Å². The molecule has 144 valence electrons. The lowest BCUT2D eigenvalue weighted by Crippen LogP contribution is -2.07. The predicted octanol–water partition coefficient (Wildman–Crippen LogP) is 5.06. The number of ether oxygens (including phenoxy) is 1. The highest BCUT2D eigenvalue weighted by atomic mass is 19.1. The lowest BCUT2D eigenvalue weighted by Gasteiger charge is -2.14. The van der Waals surface area contributed by atoms with Gasteiger partial charge in [0, 0.05) is 23.9 Å². The Morgan fingerprint density at radius 2 is 1.93 bits per heavy atom. The van der Waals surface area contributed by atoms with Crippen molar-refractivity contribution in [2.75, 3.05) is 23.8 Å². The van der Waals surface area contributed by atoms with Crippen LogP contribution >= 0.6 is 0 Å². The standard InChI is InChI=1S/C21H20F2N4O/c1-13-8-15-11-16(9-13)28-7-3-2-6-24-19-10-14(4-5-17(19)22)20-18(23)12-25-21(26-15)27-20/h4-5,8-12,24H,2-3,6-7H2,1H3,(H,25,26,27). The Hall–Kier alpha value is -3.22. The van der Waals surface area contributed by atoms with Crippen molar-refractivity contribution >= 4 is 17.3 Å². The minimum Gasteiger partial charge on any atom is -0.494 e. The van der Waals surface area contributed by atoms with Crippen molar-refractivity contribution in [3.8, 4) is 17.0 Å². The number of hydrogen-bond donors (Lipinski definition) is 2. The zero-order valence-corrected chi connectivity index (χ0v) is 15.4. The molecule has 2 aromatic carbocycles. The second-order valence-corrected chi connectivity index (χ2v) is 6.73. The minimum absolute atomic E-state index is 0.108. The SMILES string of the molecule is Cc1cc2cc(c1)OCCCCNc1cc(ccc1F)-c1nc(ncc1F)N2. The molecule has 2 heterocycles. The van der Waals surface area contributed by atoms with Crippen molar-refractivity contribution in [1.29, 1.82) is 0 Å². The second kappa shape index (κ2) is 7.80. The lowest BCUT2D eigenvalue weighted by atomic mass is 10.1. The van der Waals surface area contributed by atoms with Crippen molar-refractivity contribution in [3.05, 3.63) is 59.8 Å². The Kier molecular flexibility index (Phi) is 5.06. The average molecular weight is 382 g/mol. The van der Waals surface area contributed by atoms with Crippen LogP contribution in [-0.4, -0.2) is 23.1 Å². The van der Waals surface area contributed by atoms with Gasteiger partial charge < -0.3 is 15.4 Å². The van der Waals surface area contributed by atoms with Crippen molar-refractivity contribution in [2.45, 2.75) is 19.8 Å². The lowest BCUT2D eigenvalue weighted by molar-refractivity contribution is 0.308. The zero-order valence-electron chi connectivity index (χ0n) is 15.4. The van der Waals surface area contributed by atoms with Gasteiger partial charge in [0.15, 0.2) is 5.82 Å². The second-order valence-electron chi connectivity index (χ2n) is 6.73. The smallest absolute Gasteiger partial charge is 0.227 e. The molecule has 4 rings (SSSR count). The molecule has 28 heavy (non-hydrogen) atoms. The van der Waals surface area contributed by atoms with Crippen LogP contribution in [0.3, 0.4) is 0 Å². The number of fused-ring (bicyclic) bond motifs is 7. The fourth-order valence-electron chi connectivity index (χ4n) is 3.11. The van der Waals surface area contributed by atoms with Crippen LogP contribution in [0.15, 0.2) is 42.6 Å². The maximum atomic E-state index is 14.4. The van der Waals surface area contributed by atoms with Crippen LogP contribution in [0, 0.1) is 18.6 Å². The summed E-state index contributed by atoms with van der Waals surface area (Å²) in [7, 11) is 0. The van der Waals surface area contributed by atoms with E-state index in [-0.39, 0.29) is 17.5 Å². The van der Waals surface area contributed by atoms with Gasteiger partial charge in [0.05, 0.1) is 18.5 Å². The molecule has 0 atom stereocenters. The maximum Gasteiger partial charge on any atom is 0.227 e. The van der Waals surface area contributed by atoms with E-state index in [9.17, 15) is 8.78 Å². The molecule has 1 aliphatic rings. The Balaban J connectivity index is 1.77. The average Bonchev–Trinajstić information content (AvgIpc) is 2.66. The Labute approximate surface area is 161 Å². The molecule has 0 aliphatic carbocycles. The van der Waals surface area contributed by atoms with Crippen molar-refractivity contribution < 1.29 is 13.5 Å². The number of nitrogens with one attached hydrogen (secondary N) is 2. The van der Waals surface area contributed by atoms with Crippen LogP contribution in [-0.2, 0) is 0 Å². The van der Waals surface area contributed by atoms with Gasteiger partial charge in [-0.3, -0.25) is 0 Å². The normalized spacial score (nSPS) is 13.8. The number of hydrogen-bond acceptors (Lipinski definition) is 5. The largest absolute Gasteiger partial charge is 0.494 e. The molecule has 7 heteroatoms. The summed E-state index contributed by atoms with van der Waals surface area (Å²) < 4.78 is 34.3. The highest BCUT2D eigenvalue weighted by Gasteiger charge is 2.13. The van der Waals surface area contributed by atoms with E-state index in [1.54, 1.807) is 6.07 Å². The van der Waals surface area contributed by atoms with E-state index >= 15 is 0 Å². The molecule has 5 nitrogen and oxygen atoms in total. The molecule has 0 saturated heterocycles. The molecule has 3 aromatic rings. The van der Waals surface area contributed by atoms with Crippen molar-refractivity contribution in [1.82, 2.24) is 9.97 Å². The summed E-state index contributed by atoms with van der Waals surface area (Å²) in [6, 6.07) is 10.1. The van der Waals surface area contributed by atoms with Gasteiger partial charge in [0.1, 0.15) is 17.3 Å². The first-order chi connectivity index (χ1) is 13.6. The van der Waals surface area contributed by atoms with Gasteiger partial charge in [-0.25, -0.2) is 18.7 Å². The van der Waals surface area contributed by atoms with Crippen LogP contribution < -0.4 is 15.4 Å². The Bertz CT molecular complexity index is 1010. The third kappa shape index (κ3) is 4.03. The number of benzene rings is 2. The number of halogens is 2. The molecular formula is C21H20F2N4O. The van der Waals surface area contributed by atoms with E-state index in [0.29, 0.717) is 24.4 Å². The van der Waals surface area contributed by atoms with Gasteiger partial charge in [-0.1, -0.05) is 0 Å². The summed E-state index contributed by atoms with van der Waals surface area (Å²) in [5.74, 6) is 0.0249. The Morgan fingerprint density at radius 1 is 1.04 bits per heavy atom. The monoisotopic (exact) mass is 382 g/mol. The molecule has 0 saturated carbocycles. The van der Waals surface area contributed by atoms with Gasteiger partial charge in [-0.15, -0.1) is 0 Å². The van der Waals surface area contributed by atoms with E-state index in [2.05, 4.69) is 20.6 Å². The van der Waals surface area contributed by atoms with Crippen LogP contribution in [0.5, 0.6) is 5.75 Å². The number of aromatic nitrogens is 2. The third-order valence-electron chi connectivity index (χ3n) is 4.45. The zero-order chi connectivity index (χ0) is 19.5. The predicted molar refractivity (Wildman–Crippen MR) is 105 cm³/mol. The Morgan fingerprint density at radius 3 is 2.82 bits per heavy atom. The summed E-state index contributed by atoms with van der Waals surface area (Å²) >= 11 is 0. The van der Waals surface area contributed by atoms with Crippen molar-refractivity contribution in [3.63, 3.8) is 0 Å². The highest BCUT2D eigenvalue weighted by Crippen LogP contribution is 2.28. The van der Waals surface area contributed by atoms with Gasteiger partial charge in [-0.2, -0.15) is 0 Å². The van der Waals surface area contributed by atoms with Crippen molar-refractivity contribution in [2.24, 2.45) is 0 Å². The van der Waals surface area contributed by atoms with Gasteiger partial charge in [-0.05, 0) is 55.7 Å². The number of rotatable bonds is 0. The first kappa shape index (κ1) is 18.2. The topological polar surface area (TPSA) is 59.1 Å². The number of aryl methyl sites for hydroxylation is 1. The summed E-state index contributed by atoms with van der Waals surface area (Å²) in [6.07, 6.45) is 2.74. The number of anilines is 3. The highest BCUT2D eigenvalue weighted by molar-refractivity contribution is 5.67. The molecule has 0 unspecified atom stereocenters. The summed E-state index contributed by atoms with van der Waals surface area (Å²) in [5, 5.41) is 6.16. The fourth-order valence-corrected chi connectivity index (χ4v) is 3.11. The van der Waals surface area contributed by atoms with Crippen LogP contribution in [0.2, 0.25) is 0 Å². The van der Waals surface area contributed by atoms with E-state index in [1.807, 2.05) is 25.1 Å². The van der Waals surface area contributed by atoms with Crippen LogP contribution in [0.1, 0.15) is 18.4 Å². The van der Waals surface area contributed by atoms with E-state index < -0.39 is 5.82 Å². The molecule has 6 bridgehead atoms. The third-order valence-corrected chi connectivity index (χ3v) is 4.45. The molecule has 0 amide bonds. The van der Waals surface area contributed by atoms with Gasteiger partial charge in [0.2, 0.25) is 5.95 Å². The molecule has 0 spiro atoms. The molecule has 1 aliphatic heterocycles. The van der Waals surface area contributed by atoms with E-state index in [1.165, 1.54) is 12.1 Å². The van der Waals surface area contributed by atoms with E-state index in [4.69, 9.17) is 4.74 Å². The van der Waals surface area contributed by atoms with Crippen LogP contribution in [0.4, 0.5) is 26.1 Å². The minimum atomic E-state index is -0.572. The summed E-state index contributed by atoms with van der Waals surface area (Å²) in [5.41, 5.74) is 2.68. The maximum absolute atomic E-state index is 14.4. The molecular weight excluding hydrogens is 362 g/mol. The molecule has 2 N–H and O–H groups in total. The summed E-state index contributed by atoms with van der Waals surface area (Å²) in [4.78, 5) is 8.32. The molecule has 1 aromatic heterocycles. The summed E-state index contributed by atoms with van der Waals surface area (Å²) in [6.45, 7) is 3.11. The van der Waals surface area contributed by atoms with Crippen LogP contribution in [0.25, 0.3) is 11.3 Å². The molecule has 0 radical (unpaired) electrons. The molecule has 0 fully saturated rings. The first-order valence-electron chi connectivity index (χ1n) is 9.16. The first-order valence-corrected chi connectivity index (χ1v) is 9.16. The fraction of sp³-hybridized carbons (Fsp3) is 0.238. The van der Waals surface area contributed by atoms with Gasteiger partial charge in [0.25, 0.3) is 0 Å².